The topological polar surface area (TPSA) is 32.3 Å². The molecule has 2 aliphatic rings. The summed E-state index contributed by atoms with van der Waals surface area (Å²) in [5.41, 5.74) is 1.54. The molecule has 1 aliphatic heterocycles. The van der Waals surface area contributed by atoms with Gasteiger partial charge in [-0.25, -0.2) is 0 Å². The molecule has 1 fully saturated rings. The van der Waals surface area contributed by atoms with Gasteiger partial charge in [0.25, 0.3) is 0 Å². The van der Waals surface area contributed by atoms with Gasteiger partial charge in [-0.05, 0) is 38.0 Å². The van der Waals surface area contributed by atoms with E-state index >= 15 is 0 Å². The monoisotopic (exact) mass is 250 g/mol. The summed E-state index contributed by atoms with van der Waals surface area (Å²) in [6.07, 6.45) is 6.63. The molecule has 1 amide bonds. The number of amides is 1. The van der Waals surface area contributed by atoms with E-state index in [0.717, 1.165) is 25.4 Å². The number of carbonyl (C=O) groups excluding carboxylic acids is 1. The standard InChI is InChI=1S/C15H26N2O/c1-11-5-4-6-12(2)14(11)9-16-13-7-8-15(18)17(3)10-13/h5,12-14,16H,4,6-10H2,1-3H3/t12-,13+,14+/m0/s1. The number of likely N-dealkylation sites (tertiary alicyclic amines) is 1. The number of nitrogens with one attached hydrogen (secondary N) is 1. The fraction of sp³-hybridized carbons (Fsp3) is 0.800. The molecular formula is C15H26N2O. The Balaban J connectivity index is 1.82. The van der Waals surface area contributed by atoms with Crippen LogP contribution in [0.15, 0.2) is 11.6 Å². The average molecular weight is 250 g/mol. The quantitative estimate of drug-likeness (QED) is 0.779. The van der Waals surface area contributed by atoms with Crippen LogP contribution in [0.4, 0.5) is 0 Å². The molecule has 0 spiro atoms. The van der Waals surface area contributed by atoms with Crippen LogP contribution in [0.5, 0.6) is 0 Å². The minimum Gasteiger partial charge on any atom is -0.344 e. The second-order valence-corrected chi connectivity index (χ2v) is 6.03. The molecule has 0 aromatic carbocycles. The van der Waals surface area contributed by atoms with Gasteiger partial charge in [0.2, 0.25) is 5.91 Å². The van der Waals surface area contributed by atoms with Gasteiger partial charge in [0.05, 0.1) is 0 Å². The highest BCUT2D eigenvalue weighted by molar-refractivity contribution is 5.76. The van der Waals surface area contributed by atoms with E-state index in [1.165, 1.54) is 12.8 Å². The minimum absolute atomic E-state index is 0.287. The number of rotatable bonds is 3. The lowest BCUT2D eigenvalue weighted by Crippen LogP contribution is -2.48. The smallest absolute Gasteiger partial charge is 0.222 e. The van der Waals surface area contributed by atoms with E-state index in [4.69, 9.17) is 0 Å². The zero-order valence-corrected chi connectivity index (χ0v) is 11.9. The third kappa shape index (κ3) is 3.14. The Labute approximate surface area is 111 Å². The van der Waals surface area contributed by atoms with Crippen LogP contribution in [-0.4, -0.2) is 37.0 Å². The Hall–Kier alpha value is -0.830. The summed E-state index contributed by atoms with van der Waals surface area (Å²) in [5.74, 6) is 1.75. The maximum atomic E-state index is 11.4. The van der Waals surface area contributed by atoms with Crippen molar-refractivity contribution < 1.29 is 4.79 Å². The normalized spacial score (nSPS) is 33.5. The summed E-state index contributed by atoms with van der Waals surface area (Å²) < 4.78 is 0. The number of likely N-dealkylation sites (N-methyl/N-ethyl adjacent to an activating group) is 1. The van der Waals surface area contributed by atoms with E-state index in [-0.39, 0.29) is 5.91 Å². The first-order valence-electron chi connectivity index (χ1n) is 7.22. The first-order valence-corrected chi connectivity index (χ1v) is 7.22. The predicted molar refractivity (Wildman–Crippen MR) is 74.3 cm³/mol. The Kier molecular flexibility index (Phi) is 4.44. The Morgan fingerprint density at radius 1 is 1.44 bits per heavy atom. The van der Waals surface area contributed by atoms with Crippen LogP contribution in [0.1, 0.15) is 39.5 Å². The molecule has 2 rings (SSSR count). The lowest BCUT2D eigenvalue weighted by atomic mass is 9.80. The molecule has 1 N–H and O–H groups in total. The third-order valence-electron chi connectivity index (χ3n) is 4.61. The largest absolute Gasteiger partial charge is 0.344 e. The van der Waals surface area contributed by atoms with Gasteiger partial charge in [0, 0.05) is 32.6 Å². The first kappa shape index (κ1) is 13.6. The van der Waals surface area contributed by atoms with Crippen molar-refractivity contribution in [2.45, 2.75) is 45.6 Å². The molecule has 0 aromatic heterocycles. The van der Waals surface area contributed by atoms with Crippen molar-refractivity contribution in [2.75, 3.05) is 20.1 Å². The highest BCUT2D eigenvalue weighted by Gasteiger charge is 2.26. The van der Waals surface area contributed by atoms with Crippen LogP contribution >= 0.6 is 0 Å². The van der Waals surface area contributed by atoms with Crippen LogP contribution in [0, 0.1) is 11.8 Å². The number of nitrogens with zero attached hydrogens (tertiary/aromatic N) is 1. The fourth-order valence-corrected chi connectivity index (χ4v) is 3.21. The van der Waals surface area contributed by atoms with Crippen LogP contribution in [-0.2, 0) is 4.79 Å². The maximum absolute atomic E-state index is 11.4. The molecule has 0 radical (unpaired) electrons. The SMILES string of the molecule is CC1=CCC[C@H](C)[C@@H]1CN[C@@H]1CCC(=O)N(C)C1. The van der Waals surface area contributed by atoms with Gasteiger partial charge in [-0.3, -0.25) is 4.79 Å². The van der Waals surface area contributed by atoms with Crippen molar-refractivity contribution >= 4 is 5.91 Å². The zero-order valence-electron chi connectivity index (χ0n) is 11.9. The maximum Gasteiger partial charge on any atom is 0.222 e. The molecule has 3 heteroatoms. The van der Waals surface area contributed by atoms with E-state index in [1.807, 2.05) is 11.9 Å². The van der Waals surface area contributed by atoms with Crippen molar-refractivity contribution in [3.8, 4) is 0 Å². The van der Waals surface area contributed by atoms with Crippen molar-refractivity contribution in [1.82, 2.24) is 10.2 Å². The van der Waals surface area contributed by atoms with Crippen molar-refractivity contribution in [3.05, 3.63) is 11.6 Å². The molecule has 1 aliphatic carbocycles. The molecule has 3 nitrogen and oxygen atoms in total. The Bertz CT molecular complexity index is 337. The Morgan fingerprint density at radius 2 is 2.22 bits per heavy atom. The zero-order chi connectivity index (χ0) is 13.1. The Morgan fingerprint density at radius 3 is 2.89 bits per heavy atom. The van der Waals surface area contributed by atoms with Crippen molar-refractivity contribution in [3.63, 3.8) is 0 Å². The summed E-state index contributed by atoms with van der Waals surface area (Å²) in [5, 5.41) is 3.67. The van der Waals surface area contributed by atoms with Crippen LogP contribution in [0.2, 0.25) is 0 Å². The molecule has 1 saturated heterocycles. The minimum atomic E-state index is 0.287. The molecule has 102 valence electrons. The lowest BCUT2D eigenvalue weighted by Gasteiger charge is -2.34. The molecule has 0 bridgehead atoms. The molecule has 18 heavy (non-hydrogen) atoms. The summed E-state index contributed by atoms with van der Waals surface area (Å²) in [6, 6.07) is 0.481. The van der Waals surface area contributed by atoms with E-state index in [2.05, 4.69) is 25.2 Å². The molecule has 0 saturated carbocycles. The summed E-state index contributed by atoms with van der Waals surface area (Å²) >= 11 is 0. The first-order chi connectivity index (χ1) is 8.58. The fourth-order valence-electron chi connectivity index (χ4n) is 3.21. The van der Waals surface area contributed by atoms with E-state index in [1.54, 1.807) is 5.57 Å². The van der Waals surface area contributed by atoms with E-state index in [0.29, 0.717) is 18.4 Å². The van der Waals surface area contributed by atoms with Gasteiger partial charge in [-0.2, -0.15) is 0 Å². The predicted octanol–water partition coefficient (Wildman–Crippen LogP) is 2.19. The van der Waals surface area contributed by atoms with Crippen LogP contribution in [0.3, 0.4) is 0 Å². The summed E-state index contributed by atoms with van der Waals surface area (Å²) in [7, 11) is 1.91. The van der Waals surface area contributed by atoms with Gasteiger partial charge >= 0.3 is 0 Å². The molecule has 0 aromatic rings. The summed E-state index contributed by atoms with van der Waals surface area (Å²) in [6.45, 7) is 6.55. The molecule has 0 unspecified atom stereocenters. The molecule has 1 heterocycles. The second-order valence-electron chi connectivity index (χ2n) is 6.03. The highest BCUT2D eigenvalue weighted by atomic mass is 16.2. The number of hydrogen-bond donors (Lipinski definition) is 1. The number of hydrogen-bond acceptors (Lipinski definition) is 2. The van der Waals surface area contributed by atoms with Gasteiger partial charge in [-0.15, -0.1) is 0 Å². The third-order valence-corrected chi connectivity index (χ3v) is 4.61. The average Bonchev–Trinajstić information content (AvgIpc) is 2.33. The van der Waals surface area contributed by atoms with Crippen LogP contribution < -0.4 is 5.32 Å². The van der Waals surface area contributed by atoms with Gasteiger partial charge < -0.3 is 10.2 Å². The second kappa shape index (κ2) is 5.87. The number of allylic oxidation sites excluding steroid dienone is 1. The lowest BCUT2D eigenvalue weighted by molar-refractivity contribution is -0.132. The molecular weight excluding hydrogens is 224 g/mol. The van der Waals surface area contributed by atoms with Gasteiger partial charge in [-0.1, -0.05) is 18.6 Å². The van der Waals surface area contributed by atoms with E-state index in [9.17, 15) is 4.79 Å². The van der Waals surface area contributed by atoms with Crippen LogP contribution in [0.25, 0.3) is 0 Å². The van der Waals surface area contributed by atoms with E-state index < -0.39 is 0 Å². The summed E-state index contributed by atoms with van der Waals surface area (Å²) in [4.78, 5) is 13.3. The van der Waals surface area contributed by atoms with Crippen molar-refractivity contribution in [2.24, 2.45) is 11.8 Å². The van der Waals surface area contributed by atoms with Crippen molar-refractivity contribution in [1.29, 1.82) is 0 Å². The van der Waals surface area contributed by atoms with Gasteiger partial charge in [0.1, 0.15) is 0 Å². The highest BCUT2D eigenvalue weighted by Crippen LogP contribution is 2.29. The number of carbonyl (C=O) groups is 1. The van der Waals surface area contributed by atoms with Gasteiger partial charge in [0.15, 0.2) is 0 Å². The molecule has 3 atom stereocenters. The number of piperidine rings is 1.